The topological polar surface area (TPSA) is 12.9 Å². The van der Waals surface area contributed by atoms with Crippen LogP contribution >= 0.6 is 11.3 Å². The van der Waals surface area contributed by atoms with E-state index in [0.29, 0.717) is 5.49 Å². The summed E-state index contributed by atoms with van der Waals surface area (Å²) >= 11 is 1.40. The molecule has 0 aliphatic heterocycles. The standard InChI is InChI=1S/C4H5NS/c1-4-2-5-3-6-4/h2-3H,1H3/i3D. The maximum Gasteiger partial charge on any atom is 0.0960 e. The van der Waals surface area contributed by atoms with Gasteiger partial charge in [-0.3, -0.25) is 4.98 Å². The third kappa shape index (κ3) is 0.571. The second-order valence-electron chi connectivity index (χ2n) is 1.06. The maximum absolute atomic E-state index is 6.92. The molecule has 0 aliphatic rings. The van der Waals surface area contributed by atoms with Gasteiger partial charge in [-0.25, -0.2) is 0 Å². The molecule has 0 unspecified atom stereocenters. The predicted molar refractivity (Wildman–Crippen MR) is 26.9 cm³/mol. The molecule has 32 valence electrons. The van der Waals surface area contributed by atoms with Crippen molar-refractivity contribution in [3.8, 4) is 0 Å². The van der Waals surface area contributed by atoms with Crippen LogP contribution in [0.2, 0.25) is 0 Å². The normalized spacial score (nSPS) is 11.2. The molecule has 1 aromatic rings. The minimum absolute atomic E-state index is 0.400. The number of aryl methyl sites for hydroxylation is 1. The SMILES string of the molecule is [2H]c1ncc(C)s1. The molecule has 1 heterocycles. The number of rotatable bonds is 0. The summed E-state index contributed by atoms with van der Waals surface area (Å²) in [7, 11) is 0. The van der Waals surface area contributed by atoms with Crippen molar-refractivity contribution in [2.75, 3.05) is 0 Å². The zero-order chi connectivity index (χ0) is 5.28. The molecule has 6 heavy (non-hydrogen) atoms. The molecule has 0 radical (unpaired) electrons. The molecular formula is C4H5NS. The first-order valence-electron chi connectivity index (χ1n) is 2.18. The van der Waals surface area contributed by atoms with Crippen molar-refractivity contribution in [3.05, 3.63) is 16.6 Å². The van der Waals surface area contributed by atoms with E-state index in [4.69, 9.17) is 1.37 Å². The van der Waals surface area contributed by atoms with Gasteiger partial charge < -0.3 is 0 Å². The van der Waals surface area contributed by atoms with Crippen LogP contribution in [0.5, 0.6) is 0 Å². The lowest BCUT2D eigenvalue weighted by atomic mass is 10.7. The van der Waals surface area contributed by atoms with E-state index in [9.17, 15) is 0 Å². The van der Waals surface area contributed by atoms with Crippen LogP contribution in [-0.4, -0.2) is 4.98 Å². The summed E-state index contributed by atoms with van der Waals surface area (Å²) in [6.07, 6.45) is 1.70. The molecule has 0 aliphatic carbocycles. The molecule has 0 atom stereocenters. The zero-order valence-corrected chi connectivity index (χ0v) is 4.25. The van der Waals surface area contributed by atoms with Gasteiger partial charge in [-0.2, -0.15) is 0 Å². The van der Waals surface area contributed by atoms with Gasteiger partial charge in [-0.15, -0.1) is 11.3 Å². The van der Waals surface area contributed by atoms with Gasteiger partial charge in [0.05, 0.1) is 6.86 Å². The lowest BCUT2D eigenvalue weighted by molar-refractivity contribution is 1.39. The first-order valence-corrected chi connectivity index (χ1v) is 2.50. The van der Waals surface area contributed by atoms with Gasteiger partial charge in [-0.05, 0) is 6.92 Å². The molecule has 0 saturated carbocycles. The summed E-state index contributed by atoms with van der Waals surface area (Å²) in [5, 5.41) is 0. The summed E-state index contributed by atoms with van der Waals surface area (Å²) in [6.45, 7) is 1.94. The van der Waals surface area contributed by atoms with Crippen LogP contribution in [0.25, 0.3) is 0 Å². The summed E-state index contributed by atoms with van der Waals surface area (Å²) in [4.78, 5) is 4.80. The van der Waals surface area contributed by atoms with Crippen LogP contribution < -0.4 is 0 Å². The molecule has 0 bridgehead atoms. The first-order chi connectivity index (χ1) is 3.29. The fraction of sp³-hybridized carbons (Fsp3) is 0.250. The Morgan fingerprint density at radius 2 is 3.00 bits per heavy atom. The van der Waals surface area contributed by atoms with E-state index >= 15 is 0 Å². The van der Waals surface area contributed by atoms with Crippen LogP contribution in [0.15, 0.2) is 11.7 Å². The van der Waals surface area contributed by atoms with E-state index in [0.717, 1.165) is 4.88 Å². The van der Waals surface area contributed by atoms with Crippen LogP contribution in [0, 0.1) is 6.92 Å². The molecule has 0 aromatic carbocycles. The van der Waals surface area contributed by atoms with E-state index < -0.39 is 0 Å². The highest BCUT2D eigenvalue weighted by Gasteiger charge is 1.76. The van der Waals surface area contributed by atoms with E-state index in [1.807, 2.05) is 6.92 Å². The highest BCUT2D eigenvalue weighted by Crippen LogP contribution is 1.99. The molecule has 0 spiro atoms. The number of aromatic nitrogens is 1. The van der Waals surface area contributed by atoms with Gasteiger partial charge in [0.2, 0.25) is 0 Å². The first kappa shape index (κ1) is 2.75. The number of thiazole rings is 1. The Morgan fingerprint density at radius 3 is 3.17 bits per heavy atom. The van der Waals surface area contributed by atoms with Gasteiger partial charge in [0, 0.05) is 11.1 Å². The van der Waals surface area contributed by atoms with E-state index in [1.54, 1.807) is 6.20 Å². The van der Waals surface area contributed by atoms with Crippen molar-refractivity contribution < 1.29 is 1.37 Å². The third-order valence-corrected chi connectivity index (χ3v) is 1.13. The minimum atomic E-state index is 0.400. The number of nitrogens with zero attached hydrogens (tertiary/aromatic N) is 1. The van der Waals surface area contributed by atoms with E-state index in [2.05, 4.69) is 4.98 Å². The summed E-state index contributed by atoms with van der Waals surface area (Å²) in [5.74, 6) is 0. The summed E-state index contributed by atoms with van der Waals surface area (Å²) < 4.78 is 6.92. The Balaban J connectivity index is 3.04. The van der Waals surface area contributed by atoms with Crippen molar-refractivity contribution >= 4 is 11.3 Å². The van der Waals surface area contributed by atoms with Gasteiger partial charge in [0.1, 0.15) is 0 Å². The van der Waals surface area contributed by atoms with Crippen molar-refractivity contribution in [2.24, 2.45) is 0 Å². The highest BCUT2D eigenvalue weighted by molar-refractivity contribution is 7.09. The van der Waals surface area contributed by atoms with Crippen molar-refractivity contribution in [1.29, 1.82) is 0 Å². The van der Waals surface area contributed by atoms with Gasteiger partial charge in [0.15, 0.2) is 0 Å². The quantitative estimate of drug-likeness (QED) is 0.481. The fourth-order valence-electron chi connectivity index (χ4n) is 0.242. The zero-order valence-electron chi connectivity index (χ0n) is 4.43. The predicted octanol–water partition coefficient (Wildman–Crippen LogP) is 1.45. The second-order valence-corrected chi connectivity index (χ2v) is 2.09. The van der Waals surface area contributed by atoms with Crippen molar-refractivity contribution in [1.82, 2.24) is 4.98 Å². The van der Waals surface area contributed by atoms with Gasteiger partial charge in [-0.1, -0.05) is 0 Å². The molecule has 0 saturated heterocycles. The number of hydrogen-bond acceptors (Lipinski definition) is 2. The van der Waals surface area contributed by atoms with Gasteiger partial charge >= 0.3 is 0 Å². The molecule has 1 rings (SSSR count). The monoisotopic (exact) mass is 100 g/mol. The molecule has 1 aromatic heterocycles. The molecule has 0 N–H and O–H groups in total. The lowest BCUT2D eigenvalue weighted by Crippen LogP contribution is -1.48. The third-order valence-electron chi connectivity index (χ3n) is 0.506. The Bertz CT molecular complexity index is 144. The summed E-state index contributed by atoms with van der Waals surface area (Å²) in [5.41, 5.74) is 0.400. The smallest absolute Gasteiger partial charge is 0.0960 e. The van der Waals surface area contributed by atoms with E-state index in [1.165, 1.54) is 11.3 Å². The van der Waals surface area contributed by atoms with E-state index in [-0.39, 0.29) is 0 Å². The summed E-state index contributed by atoms with van der Waals surface area (Å²) in [6, 6.07) is 0. The average molecular weight is 100 g/mol. The largest absolute Gasteiger partial charge is 0.253 e. The molecule has 0 fully saturated rings. The van der Waals surface area contributed by atoms with Crippen LogP contribution in [-0.2, 0) is 0 Å². The Labute approximate surface area is 42.1 Å². The Morgan fingerprint density at radius 1 is 2.17 bits per heavy atom. The minimum Gasteiger partial charge on any atom is -0.253 e. The van der Waals surface area contributed by atoms with Crippen LogP contribution in [0.1, 0.15) is 6.25 Å². The highest BCUT2D eigenvalue weighted by atomic mass is 32.1. The molecular weight excluding hydrogens is 94.1 g/mol. The molecule has 2 heteroatoms. The van der Waals surface area contributed by atoms with Crippen molar-refractivity contribution in [2.45, 2.75) is 6.92 Å². The van der Waals surface area contributed by atoms with Crippen LogP contribution in [0.4, 0.5) is 0 Å². The fourth-order valence-corrected chi connectivity index (χ4v) is 0.597. The maximum atomic E-state index is 6.92. The Hall–Kier alpha value is -0.370. The number of hydrogen-bond donors (Lipinski definition) is 0. The molecule has 0 amide bonds. The van der Waals surface area contributed by atoms with Crippen molar-refractivity contribution in [3.63, 3.8) is 0 Å². The van der Waals surface area contributed by atoms with Gasteiger partial charge in [0.25, 0.3) is 0 Å². The molecule has 1 nitrogen and oxygen atoms in total. The second kappa shape index (κ2) is 1.39. The lowest BCUT2D eigenvalue weighted by Gasteiger charge is -1.63. The average Bonchev–Trinajstić information content (AvgIpc) is 1.87. The van der Waals surface area contributed by atoms with Crippen LogP contribution in [0.3, 0.4) is 0 Å². The Kier molecular flexibility index (Phi) is 0.635.